The van der Waals surface area contributed by atoms with Crippen LogP contribution >= 0.6 is 0 Å². The first kappa shape index (κ1) is 16.9. The summed E-state index contributed by atoms with van der Waals surface area (Å²) in [6, 6.07) is 3.37. The highest BCUT2D eigenvalue weighted by molar-refractivity contribution is 6.00. The first-order valence-corrected chi connectivity index (χ1v) is 8.57. The van der Waals surface area contributed by atoms with Gasteiger partial charge in [-0.15, -0.1) is 0 Å². The van der Waals surface area contributed by atoms with E-state index in [2.05, 4.69) is 6.92 Å². The molecular formula is C18H22F2N2O2. The van der Waals surface area contributed by atoms with Crippen LogP contribution in [0.25, 0.3) is 0 Å². The lowest BCUT2D eigenvalue weighted by Crippen LogP contribution is -2.46. The van der Waals surface area contributed by atoms with Gasteiger partial charge >= 0.3 is 0 Å². The van der Waals surface area contributed by atoms with Gasteiger partial charge in [0, 0.05) is 31.6 Å². The average Bonchev–Trinajstić information content (AvgIpc) is 2.96. The predicted octanol–water partition coefficient (Wildman–Crippen LogP) is 3.11. The van der Waals surface area contributed by atoms with Crippen LogP contribution in [-0.4, -0.2) is 35.8 Å². The molecule has 2 heterocycles. The summed E-state index contributed by atoms with van der Waals surface area (Å²) in [4.78, 5) is 28.2. The van der Waals surface area contributed by atoms with E-state index in [4.69, 9.17) is 0 Å². The molecule has 4 nitrogen and oxygen atoms in total. The van der Waals surface area contributed by atoms with E-state index >= 15 is 0 Å². The number of amides is 2. The van der Waals surface area contributed by atoms with Crippen molar-refractivity contribution in [1.29, 1.82) is 0 Å². The Labute approximate surface area is 140 Å². The number of hydrogen-bond acceptors (Lipinski definition) is 2. The maximum atomic E-state index is 13.9. The number of piperidine rings is 1. The SMILES string of the molecule is CCC1CCCCN1C(=O)C1CC(=O)N(c2ccc(F)cc2F)C1. The number of likely N-dealkylation sites (tertiary alicyclic amines) is 1. The van der Waals surface area contributed by atoms with E-state index < -0.39 is 17.6 Å². The summed E-state index contributed by atoms with van der Waals surface area (Å²) >= 11 is 0. The molecule has 6 heteroatoms. The van der Waals surface area contributed by atoms with Crippen molar-refractivity contribution in [2.45, 2.75) is 45.1 Å². The van der Waals surface area contributed by atoms with Crippen LogP contribution in [0, 0.1) is 17.6 Å². The zero-order chi connectivity index (χ0) is 17.3. The normalized spacial score (nSPS) is 24.5. The predicted molar refractivity (Wildman–Crippen MR) is 86.5 cm³/mol. The number of carbonyl (C=O) groups excluding carboxylic acids is 2. The van der Waals surface area contributed by atoms with E-state index in [0.717, 1.165) is 44.4 Å². The van der Waals surface area contributed by atoms with Gasteiger partial charge in [0.25, 0.3) is 0 Å². The molecule has 0 radical (unpaired) electrons. The number of anilines is 1. The summed E-state index contributed by atoms with van der Waals surface area (Å²) in [6.07, 6.45) is 4.10. The van der Waals surface area contributed by atoms with Crippen LogP contribution < -0.4 is 4.90 Å². The Bertz CT molecular complexity index is 650. The van der Waals surface area contributed by atoms with Crippen molar-refractivity contribution < 1.29 is 18.4 Å². The van der Waals surface area contributed by atoms with E-state index in [-0.39, 0.29) is 36.5 Å². The van der Waals surface area contributed by atoms with Crippen molar-refractivity contribution in [3.05, 3.63) is 29.8 Å². The fourth-order valence-corrected chi connectivity index (χ4v) is 3.76. The molecule has 2 saturated heterocycles. The quantitative estimate of drug-likeness (QED) is 0.851. The standard InChI is InChI=1S/C18H22F2N2O2/c1-2-14-5-3-4-8-21(14)18(24)12-9-17(23)22(11-12)16-7-6-13(19)10-15(16)20/h6-7,10,12,14H,2-5,8-9,11H2,1H3. The zero-order valence-electron chi connectivity index (χ0n) is 13.8. The molecule has 0 bridgehead atoms. The average molecular weight is 336 g/mol. The maximum absolute atomic E-state index is 13.9. The lowest BCUT2D eigenvalue weighted by atomic mass is 9.97. The summed E-state index contributed by atoms with van der Waals surface area (Å²) in [5.74, 6) is -2.21. The van der Waals surface area contributed by atoms with Crippen LogP contribution in [0.15, 0.2) is 18.2 Å². The van der Waals surface area contributed by atoms with Gasteiger partial charge in [0.15, 0.2) is 0 Å². The zero-order valence-corrected chi connectivity index (χ0v) is 13.8. The Morgan fingerprint density at radius 2 is 2.08 bits per heavy atom. The molecule has 2 aliphatic rings. The molecule has 2 unspecified atom stereocenters. The number of nitrogens with zero attached hydrogens (tertiary/aromatic N) is 2. The third kappa shape index (κ3) is 3.14. The van der Waals surface area contributed by atoms with Crippen molar-refractivity contribution in [3.63, 3.8) is 0 Å². The third-order valence-electron chi connectivity index (χ3n) is 5.06. The number of carbonyl (C=O) groups is 2. The summed E-state index contributed by atoms with van der Waals surface area (Å²) in [5.41, 5.74) is 0.0439. The second kappa shape index (κ2) is 6.87. The Morgan fingerprint density at radius 1 is 1.29 bits per heavy atom. The minimum atomic E-state index is -0.777. The van der Waals surface area contributed by atoms with Crippen LogP contribution in [-0.2, 0) is 9.59 Å². The van der Waals surface area contributed by atoms with E-state index in [1.54, 1.807) is 0 Å². The Hall–Kier alpha value is -1.98. The Morgan fingerprint density at radius 3 is 2.79 bits per heavy atom. The fourth-order valence-electron chi connectivity index (χ4n) is 3.76. The molecule has 2 fully saturated rings. The molecule has 2 aliphatic heterocycles. The fraction of sp³-hybridized carbons (Fsp3) is 0.556. The molecule has 0 spiro atoms. The summed E-state index contributed by atoms with van der Waals surface area (Å²) in [5, 5.41) is 0. The monoisotopic (exact) mass is 336 g/mol. The molecule has 0 aliphatic carbocycles. The van der Waals surface area contributed by atoms with E-state index in [1.165, 1.54) is 11.0 Å². The molecule has 0 N–H and O–H groups in total. The molecule has 24 heavy (non-hydrogen) atoms. The van der Waals surface area contributed by atoms with Crippen molar-refractivity contribution in [2.75, 3.05) is 18.0 Å². The molecule has 130 valence electrons. The molecule has 0 saturated carbocycles. The van der Waals surface area contributed by atoms with Crippen molar-refractivity contribution in [2.24, 2.45) is 5.92 Å². The summed E-state index contributed by atoms with van der Waals surface area (Å²) in [7, 11) is 0. The number of benzene rings is 1. The molecule has 3 rings (SSSR count). The maximum Gasteiger partial charge on any atom is 0.228 e. The topological polar surface area (TPSA) is 40.6 Å². The highest BCUT2D eigenvalue weighted by Crippen LogP contribution is 2.30. The Kier molecular flexibility index (Phi) is 4.83. The number of rotatable bonds is 3. The Balaban J connectivity index is 1.75. The van der Waals surface area contributed by atoms with Gasteiger partial charge in [0.2, 0.25) is 11.8 Å². The number of halogens is 2. The highest BCUT2D eigenvalue weighted by atomic mass is 19.1. The van der Waals surface area contributed by atoms with Gasteiger partial charge in [0.1, 0.15) is 11.6 Å². The molecule has 1 aromatic carbocycles. The third-order valence-corrected chi connectivity index (χ3v) is 5.06. The van der Waals surface area contributed by atoms with Gasteiger partial charge < -0.3 is 9.80 Å². The van der Waals surface area contributed by atoms with Gasteiger partial charge in [-0.05, 0) is 37.8 Å². The van der Waals surface area contributed by atoms with Crippen molar-refractivity contribution >= 4 is 17.5 Å². The smallest absolute Gasteiger partial charge is 0.228 e. The first-order valence-electron chi connectivity index (χ1n) is 8.57. The largest absolute Gasteiger partial charge is 0.339 e. The van der Waals surface area contributed by atoms with Gasteiger partial charge in [-0.3, -0.25) is 9.59 Å². The second-order valence-corrected chi connectivity index (χ2v) is 6.59. The highest BCUT2D eigenvalue weighted by Gasteiger charge is 2.39. The van der Waals surface area contributed by atoms with Gasteiger partial charge in [0.05, 0.1) is 11.6 Å². The van der Waals surface area contributed by atoms with Crippen LogP contribution in [0.2, 0.25) is 0 Å². The molecule has 1 aromatic rings. The van der Waals surface area contributed by atoms with E-state index in [1.807, 2.05) is 4.90 Å². The van der Waals surface area contributed by atoms with Gasteiger partial charge in [-0.2, -0.15) is 0 Å². The lowest BCUT2D eigenvalue weighted by Gasteiger charge is -2.36. The van der Waals surface area contributed by atoms with E-state index in [0.29, 0.717) is 0 Å². The van der Waals surface area contributed by atoms with Gasteiger partial charge in [-0.25, -0.2) is 8.78 Å². The minimum Gasteiger partial charge on any atom is -0.339 e. The van der Waals surface area contributed by atoms with Crippen LogP contribution in [0.4, 0.5) is 14.5 Å². The molecule has 2 amide bonds. The van der Waals surface area contributed by atoms with Crippen molar-refractivity contribution in [1.82, 2.24) is 4.90 Å². The second-order valence-electron chi connectivity index (χ2n) is 6.59. The summed E-state index contributed by atoms with van der Waals surface area (Å²) in [6.45, 7) is 2.95. The van der Waals surface area contributed by atoms with Gasteiger partial charge in [-0.1, -0.05) is 6.92 Å². The first-order chi connectivity index (χ1) is 11.5. The molecule has 0 aromatic heterocycles. The number of hydrogen-bond donors (Lipinski definition) is 0. The van der Waals surface area contributed by atoms with Crippen LogP contribution in [0.1, 0.15) is 39.0 Å². The summed E-state index contributed by atoms with van der Waals surface area (Å²) < 4.78 is 27.0. The molecule has 2 atom stereocenters. The van der Waals surface area contributed by atoms with Crippen molar-refractivity contribution in [3.8, 4) is 0 Å². The van der Waals surface area contributed by atoms with E-state index in [9.17, 15) is 18.4 Å². The molecular weight excluding hydrogens is 314 g/mol. The van der Waals surface area contributed by atoms with Crippen LogP contribution in [0.3, 0.4) is 0 Å². The minimum absolute atomic E-state index is 0.0140. The lowest BCUT2D eigenvalue weighted by molar-refractivity contribution is -0.139. The van der Waals surface area contributed by atoms with Crippen LogP contribution in [0.5, 0.6) is 0 Å².